The summed E-state index contributed by atoms with van der Waals surface area (Å²) < 4.78 is 9.48. The van der Waals surface area contributed by atoms with Gasteiger partial charge in [-0.3, -0.25) is 0 Å². The monoisotopic (exact) mass is 790 g/mol. The lowest BCUT2D eigenvalue weighted by molar-refractivity contribution is 0.437. The Bertz CT molecular complexity index is 3490. The first-order valence-electron chi connectivity index (χ1n) is 21.3. The third-order valence-electron chi connectivity index (χ3n) is 13.2. The molecule has 0 fully saturated rings. The van der Waals surface area contributed by atoms with Crippen molar-refractivity contribution >= 4 is 49.6 Å². The van der Waals surface area contributed by atoms with Gasteiger partial charge in [0.1, 0.15) is 11.5 Å². The summed E-state index contributed by atoms with van der Waals surface area (Å²) in [5, 5.41) is 4.82. The fourth-order valence-electron chi connectivity index (χ4n) is 10.6. The summed E-state index contributed by atoms with van der Waals surface area (Å²) in [5.74, 6) is 1.79. The molecule has 3 nitrogen and oxygen atoms in total. The summed E-state index contributed by atoms with van der Waals surface area (Å²) in [6, 6.07) is 83.7. The lowest BCUT2D eigenvalue weighted by atomic mass is 9.66. The van der Waals surface area contributed by atoms with Crippen LogP contribution in [0.15, 0.2) is 231 Å². The topological polar surface area (TPSA) is 17.4 Å². The van der Waals surface area contributed by atoms with Crippen LogP contribution in [0.2, 0.25) is 0 Å². The Hall–Kier alpha value is -8.14. The van der Waals surface area contributed by atoms with E-state index in [4.69, 9.17) is 4.74 Å². The third kappa shape index (κ3) is 4.94. The predicted molar refractivity (Wildman–Crippen MR) is 256 cm³/mol. The predicted octanol–water partition coefficient (Wildman–Crippen LogP) is 15.5. The maximum Gasteiger partial charge on any atom is 0.133 e. The number of nitrogens with zero attached hydrogens (tertiary/aromatic N) is 2. The number of benzene rings is 10. The van der Waals surface area contributed by atoms with Crippen molar-refractivity contribution in [2.24, 2.45) is 0 Å². The van der Waals surface area contributed by atoms with Gasteiger partial charge in [-0.05, 0) is 117 Å². The van der Waals surface area contributed by atoms with Gasteiger partial charge in [0.15, 0.2) is 0 Å². The standard InChI is InChI=1S/C59H38N2O/c1-3-15-39(16-4-1)40-27-30-43(31-28-40)60(42-18-5-2-6-19-42)44-32-34-45(35-33-44)61-54-36-29-41-17-7-8-20-46(41)58(54)49-37-57-53(38-55(49)61)59(52-25-13-14-26-56(52)62-57)50-23-11-9-21-47(50)48-22-10-12-24-51(48)59/h1-38H. The molecule has 0 atom stereocenters. The molecular formula is C59H38N2O. The molecular weight excluding hydrogens is 753 g/mol. The van der Waals surface area contributed by atoms with Gasteiger partial charge in [0.25, 0.3) is 0 Å². The van der Waals surface area contributed by atoms with E-state index in [-0.39, 0.29) is 0 Å². The lowest BCUT2D eigenvalue weighted by Crippen LogP contribution is -2.32. The van der Waals surface area contributed by atoms with Crippen LogP contribution in [0.25, 0.3) is 60.5 Å². The molecule has 0 radical (unpaired) electrons. The number of anilines is 3. The highest BCUT2D eigenvalue weighted by atomic mass is 16.5. The van der Waals surface area contributed by atoms with Gasteiger partial charge < -0.3 is 14.2 Å². The van der Waals surface area contributed by atoms with Crippen molar-refractivity contribution in [3.8, 4) is 39.4 Å². The van der Waals surface area contributed by atoms with Gasteiger partial charge in [0.05, 0.1) is 16.4 Å². The van der Waals surface area contributed by atoms with Crippen LogP contribution in [-0.2, 0) is 5.41 Å². The summed E-state index contributed by atoms with van der Waals surface area (Å²) in [4.78, 5) is 2.34. The Morgan fingerprint density at radius 2 is 0.935 bits per heavy atom. The Morgan fingerprint density at radius 1 is 0.371 bits per heavy atom. The average Bonchev–Trinajstić information content (AvgIpc) is 3.83. The molecule has 0 N–H and O–H groups in total. The molecule has 0 unspecified atom stereocenters. The van der Waals surface area contributed by atoms with Crippen LogP contribution < -0.4 is 9.64 Å². The molecule has 11 aromatic rings. The van der Waals surface area contributed by atoms with Crippen LogP contribution in [0, 0.1) is 0 Å². The number of aromatic nitrogens is 1. The summed E-state index contributed by atoms with van der Waals surface area (Å²) >= 11 is 0. The van der Waals surface area contributed by atoms with Crippen molar-refractivity contribution in [1.29, 1.82) is 0 Å². The fraction of sp³-hybridized carbons (Fsp3) is 0.0169. The summed E-state index contributed by atoms with van der Waals surface area (Å²) in [6.45, 7) is 0. The second-order valence-electron chi connectivity index (χ2n) is 16.4. The second kappa shape index (κ2) is 13.4. The fourth-order valence-corrected chi connectivity index (χ4v) is 10.6. The average molecular weight is 791 g/mol. The molecule has 10 aromatic carbocycles. The maximum absolute atomic E-state index is 7.02. The number of para-hydroxylation sites is 2. The van der Waals surface area contributed by atoms with Gasteiger partial charge in [0.2, 0.25) is 0 Å². The van der Waals surface area contributed by atoms with Crippen LogP contribution in [0.5, 0.6) is 11.5 Å². The zero-order valence-electron chi connectivity index (χ0n) is 33.7. The van der Waals surface area contributed by atoms with E-state index >= 15 is 0 Å². The molecule has 1 spiro atoms. The van der Waals surface area contributed by atoms with Crippen molar-refractivity contribution in [2.45, 2.75) is 5.41 Å². The Labute approximate surface area is 360 Å². The van der Waals surface area contributed by atoms with Gasteiger partial charge in [0, 0.05) is 44.6 Å². The van der Waals surface area contributed by atoms with E-state index in [2.05, 4.69) is 240 Å². The first kappa shape index (κ1) is 34.7. The Balaban J connectivity index is 1.04. The van der Waals surface area contributed by atoms with Gasteiger partial charge in [-0.2, -0.15) is 0 Å². The maximum atomic E-state index is 7.02. The molecule has 0 amide bonds. The van der Waals surface area contributed by atoms with E-state index in [9.17, 15) is 0 Å². The zero-order valence-corrected chi connectivity index (χ0v) is 33.7. The summed E-state index contributed by atoms with van der Waals surface area (Å²) in [6.07, 6.45) is 0. The molecule has 2 heterocycles. The highest BCUT2D eigenvalue weighted by Crippen LogP contribution is 2.62. The molecule has 1 aromatic heterocycles. The highest BCUT2D eigenvalue weighted by molar-refractivity contribution is 6.22. The molecule has 1 aliphatic heterocycles. The van der Waals surface area contributed by atoms with Crippen LogP contribution in [0.1, 0.15) is 22.3 Å². The van der Waals surface area contributed by atoms with E-state index in [1.807, 2.05) is 0 Å². The molecule has 0 saturated heterocycles. The van der Waals surface area contributed by atoms with Gasteiger partial charge in [-0.15, -0.1) is 0 Å². The second-order valence-corrected chi connectivity index (χ2v) is 16.4. The molecule has 13 rings (SSSR count). The molecule has 0 bridgehead atoms. The molecule has 1 aliphatic carbocycles. The normalized spacial score (nSPS) is 13.1. The summed E-state index contributed by atoms with van der Waals surface area (Å²) in [7, 11) is 0. The molecule has 0 saturated carbocycles. The van der Waals surface area contributed by atoms with Crippen LogP contribution in [-0.4, -0.2) is 4.57 Å². The minimum absolute atomic E-state index is 0.564. The molecule has 3 heteroatoms. The quantitative estimate of drug-likeness (QED) is 0.173. The third-order valence-corrected chi connectivity index (χ3v) is 13.2. The number of fused-ring (bicyclic) bond motifs is 14. The van der Waals surface area contributed by atoms with E-state index in [0.717, 1.165) is 56.2 Å². The van der Waals surface area contributed by atoms with Gasteiger partial charge in [-0.1, -0.05) is 158 Å². The van der Waals surface area contributed by atoms with Crippen molar-refractivity contribution in [2.75, 3.05) is 4.90 Å². The van der Waals surface area contributed by atoms with E-state index in [1.165, 1.54) is 55.1 Å². The van der Waals surface area contributed by atoms with Gasteiger partial charge in [-0.25, -0.2) is 0 Å². The zero-order chi connectivity index (χ0) is 40.8. The smallest absolute Gasteiger partial charge is 0.133 e. The number of hydrogen-bond acceptors (Lipinski definition) is 2. The van der Waals surface area contributed by atoms with Crippen molar-refractivity contribution in [1.82, 2.24) is 4.57 Å². The first-order chi connectivity index (χ1) is 30.8. The number of rotatable bonds is 5. The molecule has 290 valence electrons. The molecule has 2 aliphatic rings. The van der Waals surface area contributed by atoms with Crippen LogP contribution in [0.3, 0.4) is 0 Å². The SMILES string of the molecule is c1ccc(-c2ccc(N(c3ccccc3)c3ccc(-n4c5cc6c(cc5c5c7ccccc7ccc54)Oc4ccccc4C64c5ccccc5-c5ccccc54)cc3)cc2)cc1. The van der Waals surface area contributed by atoms with E-state index in [1.54, 1.807) is 0 Å². The summed E-state index contributed by atoms with van der Waals surface area (Å²) in [5.41, 5.74) is 15.9. The Kier molecular flexibility index (Phi) is 7.52. The van der Waals surface area contributed by atoms with E-state index < -0.39 is 5.41 Å². The van der Waals surface area contributed by atoms with Crippen molar-refractivity contribution < 1.29 is 4.74 Å². The minimum Gasteiger partial charge on any atom is -0.457 e. The largest absolute Gasteiger partial charge is 0.457 e. The van der Waals surface area contributed by atoms with Crippen LogP contribution in [0.4, 0.5) is 17.1 Å². The van der Waals surface area contributed by atoms with Gasteiger partial charge >= 0.3 is 0 Å². The lowest BCUT2D eigenvalue weighted by Gasteiger charge is -2.39. The minimum atomic E-state index is -0.564. The molecule has 62 heavy (non-hydrogen) atoms. The highest BCUT2D eigenvalue weighted by Gasteiger charge is 2.51. The number of ether oxygens (including phenoxy) is 1. The Morgan fingerprint density at radius 3 is 1.66 bits per heavy atom. The first-order valence-corrected chi connectivity index (χ1v) is 21.3. The van der Waals surface area contributed by atoms with Crippen LogP contribution >= 0.6 is 0 Å². The van der Waals surface area contributed by atoms with Crippen molar-refractivity contribution in [3.63, 3.8) is 0 Å². The number of hydrogen-bond donors (Lipinski definition) is 0. The van der Waals surface area contributed by atoms with E-state index in [0.29, 0.717) is 0 Å². The van der Waals surface area contributed by atoms with Crippen molar-refractivity contribution in [3.05, 3.63) is 253 Å².